The number of hydrogen-bond donors (Lipinski definition) is 1. The second-order valence-electron chi connectivity index (χ2n) is 6.10. The van der Waals surface area contributed by atoms with Gasteiger partial charge < -0.3 is 15.0 Å². The van der Waals surface area contributed by atoms with Gasteiger partial charge in [-0.2, -0.15) is 0 Å². The van der Waals surface area contributed by atoms with Gasteiger partial charge in [0.25, 0.3) is 0 Å². The smallest absolute Gasteiger partial charge is 0.220 e. The van der Waals surface area contributed by atoms with Gasteiger partial charge in [-0.1, -0.05) is 28.1 Å². The Morgan fingerprint density at radius 3 is 2.85 bits per heavy atom. The van der Waals surface area contributed by atoms with Crippen molar-refractivity contribution in [3.05, 3.63) is 57.9 Å². The van der Waals surface area contributed by atoms with Crippen molar-refractivity contribution in [2.24, 2.45) is 0 Å². The molecule has 0 spiro atoms. The van der Waals surface area contributed by atoms with E-state index in [1.54, 1.807) is 18.3 Å². The van der Waals surface area contributed by atoms with Gasteiger partial charge in [0.2, 0.25) is 5.91 Å². The fourth-order valence-corrected chi connectivity index (χ4v) is 3.22. The Morgan fingerprint density at radius 2 is 2.08 bits per heavy atom. The maximum absolute atomic E-state index is 13.8. The lowest BCUT2D eigenvalue weighted by atomic mass is 10.1. The fourth-order valence-electron chi connectivity index (χ4n) is 2.88. The average Bonchev–Trinajstić information content (AvgIpc) is 2.66. The molecule has 0 radical (unpaired) electrons. The standard InChI is InChI=1S/C19H21BrFN3O2/c20-16-5-3-14(17(21)12-16)4-6-18(25)23-13-15-2-1-7-22-19(15)24-8-10-26-11-9-24/h1-3,5,7,12H,4,6,8-11,13H2,(H,23,25). The molecule has 1 amide bonds. The SMILES string of the molecule is O=C(CCc1ccc(Br)cc1F)NCc1cccnc1N1CCOCC1. The molecular formula is C19H21BrFN3O2. The summed E-state index contributed by atoms with van der Waals surface area (Å²) >= 11 is 3.23. The number of ether oxygens (including phenoxy) is 1. The first kappa shape index (κ1) is 18.8. The van der Waals surface area contributed by atoms with E-state index in [1.165, 1.54) is 6.07 Å². The van der Waals surface area contributed by atoms with E-state index in [0.29, 0.717) is 36.2 Å². The molecule has 0 atom stereocenters. The molecule has 1 N–H and O–H groups in total. The summed E-state index contributed by atoms with van der Waals surface area (Å²) in [5.41, 5.74) is 1.51. The predicted molar refractivity (Wildman–Crippen MR) is 102 cm³/mol. The van der Waals surface area contributed by atoms with Crippen LogP contribution >= 0.6 is 15.9 Å². The minimum atomic E-state index is -0.297. The van der Waals surface area contributed by atoms with Gasteiger partial charge in [0, 0.05) is 42.3 Å². The minimum absolute atomic E-state index is 0.107. The van der Waals surface area contributed by atoms with E-state index in [2.05, 4.69) is 31.1 Å². The number of nitrogens with zero attached hydrogens (tertiary/aromatic N) is 2. The second-order valence-corrected chi connectivity index (χ2v) is 7.01. The highest BCUT2D eigenvalue weighted by Gasteiger charge is 2.16. The van der Waals surface area contributed by atoms with Crippen molar-refractivity contribution in [3.8, 4) is 0 Å². The molecule has 1 aromatic carbocycles. The molecule has 7 heteroatoms. The zero-order valence-electron chi connectivity index (χ0n) is 14.4. The number of aryl methyl sites for hydroxylation is 1. The van der Waals surface area contributed by atoms with E-state index in [-0.39, 0.29) is 18.1 Å². The van der Waals surface area contributed by atoms with Crippen LogP contribution in [0.4, 0.5) is 10.2 Å². The van der Waals surface area contributed by atoms with Crippen LogP contribution in [0.2, 0.25) is 0 Å². The number of aromatic nitrogens is 1. The van der Waals surface area contributed by atoms with Crippen LogP contribution in [0.1, 0.15) is 17.5 Å². The molecule has 0 aliphatic carbocycles. The Morgan fingerprint density at radius 1 is 1.27 bits per heavy atom. The van der Waals surface area contributed by atoms with Crippen LogP contribution < -0.4 is 10.2 Å². The van der Waals surface area contributed by atoms with Gasteiger partial charge in [0.1, 0.15) is 11.6 Å². The number of morpholine rings is 1. The lowest BCUT2D eigenvalue weighted by Crippen LogP contribution is -2.37. The Labute approximate surface area is 160 Å². The molecular weight excluding hydrogens is 401 g/mol. The molecule has 0 unspecified atom stereocenters. The molecule has 2 aromatic rings. The van der Waals surface area contributed by atoms with Crippen molar-refractivity contribution in [1.29, 1.82) is 0 Å². The van der Waals surface area contributed by atoms with Crippen LogP contribution in [0.5, 0.6) is 0 Å². The molecule has 26 heavy (non-hydrogen) atoms. The van der Waals surface area contributed by atoms with Crippen LogP contribution in [0.3, 0.4) is 0 Å². The number of anilines is 1. The van der Waals surface area contributed by atoms with Gasteiger partial charge in [-0.05, 0) is 30.2 Å². The maximum atomic E-state index is 13.8. The molecule has 0 bridgehead atoms. The molecule has 5 nitrogen and oxygen atoms in total. The van der Waals surface area contributed by atoms with Gasteiger partial charge in [-0.15, -0.1) is 0 Å². The summed E-state index contributed by atoms with van der Waals surface area (Å²) in [7, 11) is 0. The number of carbonyl (C=O) groups excluding carboxylic acids is 1. The summed E-state index contributed by atoms with van der Waals surface area (Å²) < 4.78 is 19.9. The summed E-state index contributed by atoms with van der Waals surface area (Å²) in [6, 6.07) is 8.72. The Bertz CT molecular complexity index is 766. The quantitative estimate of drug-likeness (QED) is 0.778. The number of pyridine rings is 1. The van der Waals surface area contributed by atoms with Crippen molar-refractivity contribution in [1.82, 2.24) is 10.3 Å². The zero-order valence-corrected chi connectivity index (χ0v) is 16.0. The Hall–Kier alpha value is -1.99. The molecule has 3 rings (SSSR count). The van der Waals surface area contributed by atoms with E-state index in [0.717, 1.165) is 24.5 Å². The lowest BCUT2D eigenvalue weighted by Gasteiger charge is -2.29. The van der Waals surface area contributed by atoms with Crippen LogP contribution in [0.25, 0.3) is 0 Å². The molecule has 1 aliphatic rings. The number of amides is 1. The number of rotatable bonds is 6. The van der Waals surface area contributed by atoms with Crippen LogP contribution in [0, 0.1) is 5.82 Å². The molecule has 1 aliphatic heterocycles. The lowest BCUT2D eigenvalue weighted by molar-refractivity contribution is -0.121. The predicted octanol–water partition coefficient (Wildman–Crippen LogP) is 3.07. The summed E-state index contributed by atoms with van der Waals surface area (Å²) in [6.45, 7) is 3.35. The van der Waals surface area contributed by atoms with Gasteiger partial charge >= 0.3 is 0 Å². The first-order chi connectivity index (χ1) is 12.6. The van der Waals surface area contributed by atoms with Crippen LogP contribution in [-0.2, 0) is 22.5 Å². The van der Waals surface area contributed by atoms with Crippen molar-refractivity contribution < 1.29 is 13.9 Å². The van der Waals surface area contributed by atoms with Gasteiger partial charge in [-0.25, -0.2) is 9.37 Å². The van der Waals surface area contributed by atoms with Crippen molar-refractivity contribution in [2.75, 3.05) is 31.2 Å². The summed E-state index contributed by atoms with van der Waals surface area (Å²) in [5, 5.41) is 2.91. The normalized spacial score (nSPS) is 14.3. The number of halogens is 2. The van der Waals surface area contributed by atoms with Gasteiger partial charge in [-0.3, -0.25) is 4.79 Å². The largest absolute Gasteiger partial charge is 0.378 e. The summed E-state index contributed by atoms with van der Waals surface area (Å²) in [4.78, 5) is 18.8. The topological polar surface area (TPSA) is 54.5 Å². The van der Waals surface area contributed by atoms with Gasteiger partial charge in [0.15, 0.2) is 0 Å². The second kappa shape index (κ2) is 9.09. The molecule has 1 aromatic heterocycles. The van der Waals surface area contributed by atoms with Crippen molar-refractivity contribution in [3.63, 3.8) is 0 Å². The number of benzene rings is 1. The number of nitrogens with one attached hydrogen (secondary N) is 1. The average molecular weight is 422 g/mol. The van der Waals surface area contributed by atoms with E-state index in [4.69, 9.17) is 4.74 Å². The first-order valence-electron chi connectivity index (χ1n) is 8.60. The number of carbonyl (C=O) groups is 1. The zero-order chi connectivity index (χ0) is 18.4. The Kier molecular flexibility index (Phi) is 6.57. The van der Waals surface area contributed by atoms with E-state index >= 15 is 0 Å². The first-order valence-corrected chi connectivity index (χ1v) is 9.40. The van der Waals surface area contributed by atoms with Crippen LogP contribution in [0.15, 0.2) is 41.0 Å². The minimum Gasteiger partial charge on any atom is -0.378 e. The van der Waals surface area contributed by atoms with E-state index < -0.39 is 0 Å². The monoisotopic (exact) mass is 421 g/mol. The maximum Gasteiger partial charge on any atom is 0.220 e. The molecule has 2 heterocycles. The molecule has 1 saturated heterocycles. The molecule has 138 valence electrons. The van der Waals surface area contributed by atoms with Gasteiger partial charge in [0.05, 0.1) is 13.2 Å². The third-order valence-corrected chi connectivity index (χ3v) is 4.78. The number of hydrogen-bond acceptors (Lipinski definition) is 4. The Balaban J connectivity index is 1.54. The van der Waals surface area contributed by atoms with Crippen molar-refractivity contribution >= 4 is 27.7 Å². The van der Waals surface area contributed by atoms with E-state index in [1.807, 2.05) is 12.1 Å². The van der Waals surface area contributed by atoms with E-state index in [9.17, 15) is 9.18 Å². The summed E-state index contributed by atoms with van der Waals surface area (Å²) in [5.74, 6) is 0.480. The molecule has 1 fully saturated rings. The highest BCUT2D eigenvalue weighted by Crippen LogP contribution is 2.19. The third-order valence-electron chi connectivity index (χ3n) is 4.29. The fraction of sp³-hybridized carbons (Fsp3) is 0.368. The van der Waals surface area contributed by atoms with Crippen LogP contribution in [-0.4, -0.2) is 37.2 Å². The molecule has 0 saturated carbocycles. The summed E-state index contributed by atoms with van der Waals surface area (Å²) in [6.07, 6.45) is 2.37. The van der Waals surface area contributed by atoms with Crippen molar-refractivity contribution in [2.45, 2.75) is 19.4 Å². The third kappa shape index (κ3) is 5.02. The highest BCUT2D eigenvalue weighted by atomic mass is 79.9. The highest BCUT2D eigenvalue weighted by molar-refractivity contribution is 9.10.